The zero-order valence-electron chi connectivity index (χ0n) is 33.8. The fraction of sp³-hybridized carbons (Fsp3) is 0.0172. The van der Waals surface area contributed by atoms with Crippen molar-refractivity contribution in [2.75, 3.05) is 0 Å². The molecular weight excluding hydrogens is 767 g/mol. The molecule has 1 aliphatic carbocycles. The highest BCUT2D eigenvalue weighted by Crippen LogP contribution is 2.59. The monoisotopic (exact) mass is 799 g/mol. The number of hydrogen-bond donors (Lipinski definition) is 0. The first-order valence-corrected chi connectivity index (χ1v) is 20.9. The largest absolute Gasteiger partial charge is 0.319 e. The van der Waals surface area contributed by atoms with E-state index in [9.17, 15) is 10.5 Å². The molecule has 0 spiro atoms. The van der Waals surface area contributed by atoms with Gasteiger partial charge < -0.3 is 9.13 Å². The predicted octanol–water partition coefficient (Wildman–Crippen LogP) is 14.2. The summed E-state index contributed by atoms with van der Waals surface area (Å²) >= 11 is 0. The Morgan fingerprint density at radius 2 is 1.03 bits per heavy atom. The van der Waals surface area contributed by atoms with Gasteiger partial charge in [-0.2, -0.15) is 10.5 Å². The van der Waals surface area contributed by atoms with Crippen molar-refractivity contribution in [3.8, 4) is 45.8 Å². The van der Waals surface area contributed by atoms with Crippen LogP contribution in [0.1, 0.15) is 33.4 Å². The first-order valence-electron chi connectivity index (χ1n) is 20.9. The summed E-state index contributed by atoms with van der Waals surface area (Å²) in [5.74, 6) is 0. The van der Waals surface area contributed by atoms with Crippen LogP contribution in [-0.4, -0.2) is 9.13 Å². The summed E-state index contributed by atoms with van der Waals surface area (Å²) in [5, 5.41) is 26.0. The van der Waals surface area contributed by atoms with Crippen LogP contribution in [0.25, 0.3) is 82.1 Å². The zero-order valence-corrected chi connectivity index (χ0v) is 33.8. The van der Waals surface area contributed by atoms with Crippen molar-refractivity contribution in [3.05, 3.63) is 245 Å². The zero-order chi connectivity index (χ0) is 42.2. The molecule has 9 aromatic carbocycles. The van der Waals surface area contributed by atoms with Gasteiger partial charge in [-0.05, 0) is 81.4 Å². The number of fused-ring (bicyclic) bond motifs is 10. The average Bonchev–Trinajstić information content (AvgIpc) is 3.98. The van der Waals surface area contributed by atoms with E-state index in [4.69, 9.17) is 6.57 Å². The van der Waals surface area contributed by atoms with E-state index in [0.29, 0.717) is 22.4 Å². The van der Waals surface area contributed by atoms with Crippen molar-refractivity contribution in [2.24, 2.45) is 0 Å². The molecule has 0 bridgehead atoms. The summed E-state index contributed by atoms with van der Waals surface area (Å²) in [6.45, 7) is 8.41. The van der Waals surface area contributed by atoms with Gasteiger partial charge in [-0.3, -0.25) is 0 Å². The quantitative estimate of drug-likeness (QED) is 0.163. The van der Waals surface area contributed by atoms with E-state index in [1.54, 1.807) is 6.07 Å². The molecule has 0 radical (unpaired) electrons. The van der Waals surface area contributed by atoms with Crippen LogP contribution in [0.4, 0.5) is 5.69 Å². The van der Waals surface area contributed by atoms with Crippen LogP contribution in [0.15, 0.2) is 200 Å². The SMILES string of the molecule is [C-]#[N+]c1c(-n2c3ccccc3c3ccccc32)cc(C#N)c(-c2ccc(-n3c4ccccc4c4c5c(ccc43)C(c3ccccc3)(c3ccccc3)c3ccccc3-5)cc2)c1C#N. The normalized spacial score (nSPS) is 12.5. The Kier molecular flexibility index (Phi) is 7.87. The lowest BCUT2D eigenvalue weighted by Crippen LogP contribution is -2.28. The Morgan fingerprint density at radius 3 is 1.63 bits per heavy atom. The van der Waals surface area contributed by atoms with Crippen LogP contribution in [0, 0.1) is 29.2 Å². The van der Waals surface area contributed by atoms with E-state index in [1.807, 2.05) is 53.1 Å². The van der Waals surface area contributed by atoms with Crippen molar-refractivity contribution < 1.29 is 0 Å². The second kappa shape index (κ2) is 13.8. The van der Waals surface area contributed by atoms with Gasteiger partial charge in [0.2, 0.25) is 5.69 Å². The Labute approximate surface area is 363 Å². The summed E-state index contributed by atoms with van der Waals surface area (Å²) in [5.41, 5.74) is 14.2. The Bertz CT molecular complexity index is 3720. The molecule has 0 unspecified atom stereocenters. The Hall–Kier alpha value is -8.95. The first-order chi connectivity index (χ1) is 31.2. The standard InChI is InChI=1S/C58H33N5/c1-61-57-46(36-60)54(38(35-59)34-53(57)63-49-25-13-9-20-42(49)43-21-10-14-26-50(43)63)37-28-30-41(31-29-37)62-51-27-15-11-23-45(51)56-52(62)33-32-48-55(56)44-22-8-12-24-47(44)58(48,39-16-4-2-5-17-39)40-18-6-3-7-19-40/h2-34H. The van der Waals surface area contributed by atoms with Gasteiger partial charge in [0.05, 0.1) is 63.0 Å². The highest BCUT2D eigenvalue weighted by molar-refractivity contribution is 6.18. The number of aromatic nitrogens is 2. The number of para-hydroxylation sites is 3. The van der Waals surface area contributed by atoms with Gasteiger partial charge >= 0.3 is 0 Å². The maximum atomic E-state index is 10.8. The van der Waals surface area contributed by atoms with E-state index in [2.05, 4.69) is 167 Å². The lowest BCUT2D eigenvalue weighted by molar-refractivity contribution is 0.769. The van der Waals surface area contributed by atoms with E-state index in [-0.39, 0.29) is 11.3 Å². The maximum Gasteiger partial charge on any atom is 0.228 e. The third kappa shape index (κ3) is 4.90. The molecule has 0 aliphatic heterocycles. The summed E-state index contributed by atoms with van der Waals surface area (Å²) in [6, 6.07) is 74.4. The van der Waals surface area contributed by atoms with E-state index < -0.39 is 5.41 Å². The molecule has 0 fully saturated rings. The van der Waals surface area contributed by atoms with Crippen molar-refractivity contribution in [2.45, 2.75) is 5.41 Å². The number of hydrogen-bond acceptors (Lipinski definition) is 2. The molecule has 2 heterocycles. The van der Waals surface area contributed by atoms with Gasteiger partial charge in [0.15, 0.2) is 0 Å². The van der Waals surface area contributed by atoms with Crippen LogP contribution in [0.3, 0.4) is 0 Å². The van der Waals surface area contributed by atoms with Crippen molar-refractivity contribution in [1.82, 2.24) is 9.13 Å². The van der Waals surface area contributed by atoms with Gasteiger partial charge in [-0.1, -0.05) is 158 Å². The van der Waals surface area contributed by atoms with Crippen molar-refractivity contribution >= 4 is 49.3 Å². The maximum absolute atomic E-state index is 10.8. The minimum Gasteiger partial charge on any atom is -0.319 e. The number of benzene rings is 9. The van der Waals surface area contributed by atoms with Gasteiger partial charge in [-0.25, -0.2) is 4.85 Å². The number of nitriles is 2. The molecule has 12 rings (SSSR count). The molecule has 0 N–H and O–H groups in total. The molecule has 5 heteroatoms. The van der Waals surface area contributed by atoms with E-state index in [0.717, 1.165) is 43.9 Å². The second-order valence-electron chi connectivity index (χ2n) is 16.1. The van der Waals surface area contributed by atoms with Crippen LogP contribution in [0.5, 0.6) is 0 Å². The fourth-order valence-corrected chi connectivity index (χ4v) is 10.7. The molecule has 290 valence electrons. The summed E-state index contributed by atoms with van der Waals surface area (Å²) < 4.78 is 4.32. The smallest absolute Gasteiger partial charge is 0.228 e. The summed E-state index contributed by atoms with van der Waals surface area (Å²) in [4.78, 5) is 3.99. The fourth-order valence-electron chi connectivity index (χ4n) is 10.7. The molecule has 1 aliphatic rings. The average molecular weight is 800 g/mol. The molecule has 0 saturated heterocycles. The van der Waals surface area contributed by atoms with Gasteiger partial charge in [0.25, 0.3) is 0 Å². The van der Waals surface area contributed by atoms with Gasteiger partial charge in [0.1, 0.15) is 0 Å². The molecular formula is C58H33N5. The Morgan fingerprint density at radius 1 is 0.476 bits per heavy atom. The topological polar surface area (TPSA) is 61.8 Å². The minimum atomic E-state index is -0.522. The van der Waals surface area contributed by atoms with Crippen LogP contribution in [-0.2, 0) is 5.41 Å². The summed E-state index contributed by atoms with van der Waals surface area (Å²) in [7, 11) is 0. The highest BCUT2D eigenvalue weighted by atomic mass is 15.0. The third-order valence-electron chi connectivity index (χ3n) is 13.1. The lowest BCUT2D eigenvalue weighted by atomic mass is 9.67. The number of nitrogens with zero attached hydrogens (tertiary/aromatic N) is 5. The highest BCUT2D eigenvalue weighted by Gasteiger charge is 2.47. The predicted molar refractivity (Wildman–Crippen MR) is 254 cm³/mol. The van der Waals surface area contributed by atoms with Crippen LogP contribution in [0.2, 0.25) is 0 Å². The van der Waals surface area contributed by atoms with Crippen LogP contribution < -0.4 is 0 Å². The van der Waals surface area contributed by atoms with E-state index in [1.165, 1.54) is 38.8 Å². The van der Waals surface area contributed by atoms with Crippen LogP contribution >= 0.6 is 0 Å². The lowest BCUT2D eigenvalue weighted by Gasteiger charge is -2.33. The first kappa shape index (κ1) is 35.9. The molecule has 5 nitrogen and oxygen atoms in total. The molecule has 2 aromatic heterocycles. The third-order valence-corrected chi connectivity index (χ3v) is 13.1. The van der Waals surface area contributed by atoms with Crippen molar-refractivity contribution in [1.29, 1.82) is 10.5 Å². The molecule has 0 saturated carbocycles. The van der Waals surface area contributed by atoms with Gasteiger partial charge in [-0.15, -0.1) is 0 Å². The molecule has 11 aromatic rings. The minimum absolute atomic E-state index is 0.181. The summed E-state index contributed by atoms with van der Waals surface area (Å²) in [6.07, 6.45) is 0. The Balaban J connectivity index is 1.06. The second-order valence-corrected chi connectivity index (χ2v) is 16.1. The number of rotatable bonds is 5. The molecule has 0 amide bonds. The van der Waals surface area contributed by atoms with E-state index >= 15 is 0 Å². The molecule has 0 atom stereocenters. The molecule has 63 heavy (non-hydrogen) atoms. The van der Waals surface area contributed by atoms with Gasteiger partial charge in [0, 0.05) is 32.8 Å². The van der Waals surface area contributed by atoms with Crippen molar-refractivity contribution in [3.63, 3.8) is 0 Å².